The van der Waals surface area contributed by atoms with Gasteiger partial charge in [-0.05, 0) is 77.2 Å². The summed E-state index contributed by atoms with van der Waals surface area (Å²) >= 11 is 12.6. The quantitative estimate of drug-likeness (QED) is 0.144. The Morgan fingerprint density at radius 3 is 2.18 bits per heavy atom. The van der Waals surface area contributed by atoms with Crippen LogP contribution in [0.5, 0.6) is 5.75 Å². The molecule has 5 aromatic rings. The smallest absolute Gasteiger partial charge is 0.389 e. The van der Waals surface area contributed by atoms with Crippen LogP contribution in [0.1, 0.15) is 40.2 Å². The summed E-state index contributed by atoms with van der Waals surface area (Å²) in [7, 11) is 0. The van der Waals surface area contributed by atoms with Crippen LogP contribution in [0.25, 0.3) is 34.5 Å². The van der Waals surface area contributed by atoms with Gasteiger partial charge >= 0.3 is 12.1 Å². The molecular formula is C35H27Cl2F3N2O3. The summed E-state index contributed by atoms with van der Waals surface area (Å²) in [5.74, 6) is 0.212. The molecule has 0 bridgehead atoms. The van der Waals surface area contributed by atoms with Crippen LogP contribution in [0.4, 0.5) is 13.2 Å². The second-order valence-electron chi connectivity index (χ2n) is 10.3. The third kappa shape index (κ3) is 8.77. The van der Waals surface area contributed by atoms with Crippen molar-refractivity contribution in [1.82, 2.24) is 9.55 Å². The Balaban J connectivity index is 1.32. The van der Waals surface area contributed by atoms with Crippen molar-refractivity contribution >= 4 is 41.3 Å². The van der Waals surface area contributed by atoms with Crippen LogP contribution in [0.3, 0.4) is 0 Å². The van der Waals surface area contributed by atoms with E-state index >= 15 is 0 Å². The van der Waals surface area contributed by atoms with Crippen LogP contribution in [0.15, 0.2) is 97.2 Å². The van der Waals surface area contributed by atoms with Crippen molar-refractivity contribution in [3.63, 3.8) is 0 Å². The Morgan fingerprint density at radius 1 is 0.889 bits per heavy atom. The minimum Gasteiger partial charge on any atom is -0.494 e. The molecule has 0 atom stereocenters. The highest BCUT2D eigenvalue weighted by atomic mass is 35.5. The van der Waals surface area contributed by atoms with Gasteiger partial charge in [-0.1, -0.05) is 77.8 Å². The summed E-state index contributed by atoms with van der Waals surface area (Å²) in [5, 5.41) is 10.2. The highest BCUT2D eigenvalue weighted by Gasteiger charge is 2.26. The van der Waals surface area contributed by atoms with E-state index in [0.29, 0.717) is 33.9 Å². The highest BCUT2D eigenvalue weighted by Crippen LogP contribution is 2.31. The first-order chi connectivity index (χ1) is 21.5. The van der Waals surface area contributed by atoms with Crippen LogP contribution >= 0.6 is 23.2 Å². The van der Waals surface area contributed by atoms with Gasteiger partial charge in [0.15, 0.2) is 0 Å². The molecule has 45 heavy (non-hydrogen) atoms. The summed E-state index contributed by atoms with van der Waals surface area (Å²) in [6, 6.07) is 27.1. The largest absolute Gasteiger partial charge is 0.494 e. The number of imidazole rings is 1. The lowest BCUT2D eigenvalue weighted by molar-refractivity contribution is -0.136. The van der Waals surface area contributed by atoms with Gasteiger partial charge in [-0.3, -0.25) is 0 Å². The molecule has 0 unspecified atom stereocenters. The number of alkyl halides is 3. The van der Waals surface area contributed by atoms with Gasteiger partial charge in [-0.15, -0.1) is 0 Å². The lowest BCUT2D eigenvalue weighted by Gasteiger charge is -2.09. The number of hydrogen-bond donors (Lipinski definition) is 1. The number of hydrogen-bond acceptors (Lipinski definition) is 3. The van der Waals surface area contributed by atoms with Gasteiger partial charge < -0.3 is 14.4 Å². The van der Waals surface area contributed by atoms with Crippen molar-refractivity contribution in [1.29, 1.82) is 0 Å². The highest BCUT2D eigenvalue weighted by molar-refractivity contribution is 6.36. The van der Waals surface area contributed by atoms with Gasteiger partial charge in [0, 0.05) is 29.7 Å². The molecule has 10 heteroatoms. The zero-order valence-corrected chi connectivity index (χ0v) is 25.3. The van der Waals surface area contributed by atoms with Gasteiger partial charge in [0.2, 0.25) is 0 Å². The maximum Gasteiger partial charge on any atom is 0.389 e. The van der Waals surface area contributed by atoms with E-state index in [4.69, 9.17) is 32.9 Å². The lowest BCUT2D eigenvalue weighted by atomic mass is 10.0. The van der Waals surface area contributed by atoms with Crippen LogP contribution in [-0.2, 0) is 6.54 Å². The molecular weight excluding hydrogens is 624 g/mol. The van der Waals surface area contributed by atoms with Gasteiger partial charge in [0.1, 0.15) is 11.6 Å². The lowest BCUT2D eigenvalue weighted by Crippen LogP contribution is -2.09. The molecule has 0 aliphatic heterocycles. The van der Waals surface area contributed by atoms with Crippen LogP contribution in [0.2, 0.25) is 10.0 Å². The molecule has 0 saturated carbocycles. The van der Waals surface area contributed by atoms with Gasteiger partial charge in [-0.25, -0.2) is 9.78 Å². The Bertz CT molecular complexity index is 1800. The van der Waals surface area contributed by atoms with Crippen molar-refractivity contribution in [3.05, 3.63) is 130 Å². The summed E-state index contributed by atoms with van der Waals surface area (Å²) < 4.78 is 44.4. The monoisotopic (exact) mass is 650 g/mol. The number of aromatic nitrogens is 2. The molecule has 5 rings (SSSR count). The third-order valence-corrected chi connectivity index (χ3v) is 7.51. The van der Waals surface area contributed by atoms with E-state index in [1.165, 1.54) is 0 Å². The number of aromatic carboxylic acids is 1. The number of rotatable bonds is 11. The van der Waals surface area contributed by atoms with Crippen molar-refractivity contribution in [2.24, 2.45) is 0 Å². The second-order valence-corrected chi connectivity index (χ2v) is 11.1. The average Bonchev–Trinajstić information content (AvgIpc) is 3.40. The minimum atomic E-state index is -4.18. The number of benzene rings is 4. The fourth-order valence-corrected chi connectivity index (χ4v) is 5.14. The molecule has 1 aromatic heterocycles. The summed E-state index contributed by atoms with van der Waals surface area (Å²) in [6.45, 7) is 0.460. The molecule has 0 aliphatic rings. The zero-order valence-electron chi connectivity index (χ0n) is 23.8. The van der Waals surface area contributed by atoms with Crippen molar-refractivity contribution in [2.75, 3.05) is 6.61 Å². The molecule has 0 saturated heterocycles. The number of halogens is 5. The maximum absolute atomic E-state index is 12.3. The molecule has 0 fully saturated rings. The maximum atomic E-state index is 12.3. The fourth-order valence-electron chi connectivity index (χ4n) is 4.63. The first kappa shape index (κ1) is 31.9. The molecule has 1 heterocycles. The number of carboxylic acids is 1. The van der Waals surface area contributed by atoms with E-state index in [-0.39, 0.29) is 18.6 Å². The van der Waals surface area contributed by atoms with E-state index in [2.05, 4.69) is 0 Å². The standard InChI is InChI=1S/C35H27Cl2F3N2O3/c36-28-13-16-30(31(37)20-28)32-22-42(21-24-4-9-27(10-5-24)34(43)44)33(41-32)17-6-23-2-7-25(8-3-23)26-11-14-29(15-12-26)45-19-1-18-35(38,39)40/h2-17,20,22H,1,18-19,21H2,(H,43,44). The van der Waals surface area contributed by atoms with Crippen molar-refractivity contribution in [3.8, 4) is 28.1 Å². The fraction of sp³-hybridized carbons (Fsp3) is 0.143. The molecule has 0 radical (unpaired) electrons. The van der Waals surface area contributed by atoms with E-state index in [1.807, 2.05) is 65.4 Å². The van der Waals surface area contributed by atoms with E-state index in [1.54, 1.807) is 48.5 Å². The first-order valence-electron chi connectivity index (χ1n) is 14.0. The molecule has 0 aliphatic carbocycles. The summed E-state index contributed by atoms with van der Waals surface area (Å²) in [4.78, 5) is 16.1. The topological polar surface area (TPSA) is 64.3 Å². The zero-order chi connectivity index (χ0) is 32.0. The number of carbonyl (C=O) groups is 1. The average molecular weight is 652 g/mol. The van der Waals surface area contributed by atoms with Crippen molar-refractivity contribution < 1.29 is 27.8 Å². The Kier molecular flexibility index (Phi) is 9.96. The molecule has 0 spiro atoms. The van der Waals surface area contributed by atoms with Gasteiger partial charge in [-0.2, -0.15) is 13.2 Å². The predicted octanol–water partition coefficient (Wildman–Crippen LogP) is 10.2. The minimum absolute atomic E-state index is 0.00334. The number of ether oxygens (including phenoxy) is 1. The van der Waals surface area contributed by atoms with Gasteiger partial charge in [0.25, 0.3) is 0 Å². The van der Waals surface area contributed by atoms with E-state index in [0.717, 1.165) is 27.8 Å². The Morgan fingerprint density at radius 2 is 1.56 bits per heavy atom. The summed E-state index contributed by atoms with van der Waals surface area (Å²) in [6.07, 6.45) is 0.610. The molecule has 4 aromatic carbocycles. The number of carboxylic acid groups (broad SMARTS) is 1. The van der Waals surface area contributed by atoms with Gasteiger partial charge in [0.05, 0.1) is 22.9 Å². The van der Waals surface area contributed by atoms with Crippen molar-refractivity contribution in [2.45, 2.75) is 25.6 Å². The first-order valence-corrected chi connectivity index (χ1v) is 14.7. The molecule has 230 valence electrons. The molecule has 5 nitrogen and oxygen atoms in total. The Labute approximate surface area is 268 Å². The van der Waals surface area contributed by atoms with E-state index < -0.39 is 18.6 Å². The van der Waals surface area contributed by atoms with Crippen LogP contribution in [0, 0.1) is 0 Å². The van der Waals surface area contributed by atoms with Crippen LogP contribution in [-0.4, -0.2) is 33.4 Å². The van der Waals surface area contributed by atoms with Crippen LogP contribution < -0.4 is 4.74 Å². The summed E-state index contributed by atoms with van der Waals surface area (Å²) in [5.41, 5.74) is 5.38. The number of nitrogens with zero attached hydrogens (tertiary/aromatic N) is 2. The normalized spacial score (nSPS) is 11.7. The predicted molar refractivity (Wildman–Crippen MR) is 172 cm³/mol. The Hall–Kier alpha value is -4.53. The van der Waals surface area contributed by atoms with E-state index in [9.17, 15) is 23.1 Å². The SMILES string of the molecule is O=C(O)c1ccc(Cn2cc(-c3ccc(Cl)cc3Cl)nc2C=Cc2ccc(-c3ccc(OCCCC(F)(F)F)cc3)cc2)cc1. The second kappa shape index (κ2) is 14.1. The third-order valence-electron chi connectivity index (χ3n) is 6.96. The molecule has 0 amide bonds. The molecule has 1 N–H and O–H groups in total.